The average Bonchev–Trinajstić information content (AvgIpc) is 3.51. The quantitative estimate of drug-likeness (QED) is 0.331. The summed E-state index contributed by atoms with van der Waals surface area (Å²) in [6.07, 6.45) is 0.171. The Kier molecular flexibility index (Phi) is 8.89. The first-order chi connectivity index (χ1) is 21.8. The standard InChI is InChI=1S/C36H39N3O6/c1-4-43-36(42)34-25(3)39(33(40)20-30(34)28-9-5-7-24(2)17-28)22-26-8-6-10-29(18-26)35(41)38-15-13-37(14-16-38)21-27-11-12-31-32(19-27)45-23-44-31/h5-12,17-19,30H,4,13-16,20-23H2,1-3H3. The van der Waals surface area contributed by atoms with Gasteiger partial charge in [-0.3, -0.25) is 14.5 Å². The van der Waals surface area contributed by atoms with Crippen LogP contribution in [0.2, 0.25) is 0 Å². The highest BCUT2D eigenvalue weighted by molar-refractivity contribution is 5.96. The van der Waals surface area contributed by atoms with Crippen molar-refractivity contribution in [3.63, 3.8) is 0 Å². The number of allylic oxidation sites excluding steroid dienone is 1. The lowest BCUT2D eigenvalue weighted by atomic mass is 9.83. The molecule has 1 saturated heterocycles. The summed E-state index contributed by atoms with van der Waals surface area (Å²) in [5, 5.41) is 0. The van der Waals surface area contributed by atoms with Crippen molar-refractivity contribution in [2.45, 2.75) is 46.2 Å². The molecule has 0 radical (unpaired) electrons. The van der Waals surface area contributed by atoms with Crippen molar-refractivity contribution in [3.8, 4) is 11.5 Å². The second-order valence-corrected chi connectivity index (χ2v) is 11.8. The van der Waals surface area contributed by atoms with Gasteiger partial charge < -0.3 is 24.0 Å². The van der Waals surface area contributed by atoms with E-state index in [1.165, 1.54) is 0 Å². The van der Waals surface area contributed by atoms with E-state index in [-0.39, 0.29) is 44.1 Å². The first-order valence-electron chi connectivity index (χ1n) is 15.5. The Bertz CT molecular complexity index is 1640. The van der Waals surface area contributed by atoms with Crippen LogP contribution >= 0.6 is 0 Å². The summed E-state index contributed by atoms with van der Waals surface area (Å²) in [4.78, 5) is 46.1. The minimum absolute atomic E-state index is 0.0245. The van der Waals surface area contributed by atoms with Crippen molar-refractivity contribution in [2.75, 3.05) is 39.6 Å². The van der Waals surface area contributed by atoms with Gasteiger partial charge in [-0.25, -0.2) is 4.79 Å². The SMILES string of the molecule is CCOC(=O)C1=C(C)N(Cc2cccc(C(=O)N3CCN(Cc4ccc5c(c4)OCO5)CC3)c2)C(=O)CC1c1cccc(C)c1. The number of ether oxygens (including phenoxy) is 3. The molecular formula is C36H39N3O6. The molecule has 3 aromatic rings. The molecule has 3 aromatic carbocycles. The molecule has 2 amide bonds. The summed E-state index contributed by atoms with van der Waals surface area (Å²) >= 11 is 0. The minimum atomic E-state index is -0.402. The molecule has 3 aliphatic rings. The van der Waals surface area contributed by atoms with Crippen molar-refractivity contribution in [2.24, 2.45) is 0 Å². The number of carbonyl (C=O) groups excluding carboxylic acids is 3. The van der Waals surface area contributed by atoms with Crippen LogP contribution in [-0.4, -0.2) is 72.1 Å². The second kappa shape index (κ2) is 13.2. The van der Waals surface area contributed by atoms with E-state index < -0.39 is 5.97 Å². The van der Waals surface area contributed by atoms with Crippen LogP contribution in [-0.2, 0) is 27.4 Å². The Morgan fingerprint density at radius 2 is 1.62 bits per heavy atom. The van der Waals surface area contributed by atoms with Crippen LogP contribution in [0.25, 0.3) is 0 Å². The number of rotatable bonds is 8. The van der Waals surface area contributed by atoms with Gasteiger partial charge in [0.1, 0.15) is 0 Å². The zero-order chi connectivity index (χ0) is 31.5. The highest BCUT2D eigenvalue weighted by Crippen LogP contribution is 2.38. The van der Waals surface area contributed by atoms with Gasteiger partial charge >= 0.3 is 5.97 Å². The van der Waals surface area contributed by atoms with Crippen molar-refractivity contribution in [1.29, 1.82) is 0 Å². The van der Waals surface area contributed by atoms with Gasteiger partial charge in [-0.2, -0.15) is 0 Å². The summed E-state index contributed by atoms with van der Waals surface area (Å²) in [6.45, 7) is 9.93. The summed E-state index contributed by atoms with van der Waals surface area (Å²) in [7, 11) is 0. The van der Waals surface area contributed by atoms with E-state index in [2.05, 4.69) is 11.0 Å². The lowest BCUT2D eigenvalue weighted by molar-refractivity contribution is -0.140. The Hall–Kier alpha value is -4.63. The van der Waals surface area contributed by atoms with Gasteiger partial charge in [0.25, 0.3) is 5.91 Å². The molecule has 9 heteroatoms. The monoisotopic (exact) mass is 609 g/mol. The third-order valence-corrected chi connectivity index (χ3v) is 8.78. The molecule has 0 N–H and O–H groups in total. The number of carbonyl (C=O) groups is 3. The van der Waals surface area contributed by atoms with Crippen molar-refractivity contribution >= 4 is 17.8 Å². The van der Waals surface area contributed by atoms with Crippen molar-refractivity contribution in [1.82, 2.24) is 14.7 Å². The van der Waals surface area contributed by atoms with E-state index in [0.29, 0.717) is 29.9 Å². The third kappa shape index (κ3) is 6.59. The molecule has 9 nitrogen and oxygen atoms in total. The van der Waals surface area contributed by atoms with Crippen LogP contribution in [0.3, 0.4) is 0 Å². The van der Waals surface area contributed by atoms with Crippen LogP contribution in [0, 0.1) is 6.92 Å². The zero-order valence-electron chi connectivity index (χ0n) is 26.1. The molecule has 6 rings (SSSR count). The molecule has 0 aromatic heterocycles. The molecule has 3 heterocycles. The molecular weight excluding hydrogens is 570 g/mol. The molecule has 3 aliphatic heterocycles. The van der Waals surface area contributed by atoms with Crippen LogP contribution in [0.5, 0.6) is 11.5 Å². The normalized spacial score (nSPS) is 18.4. The molecule has 1 unspecified atom stereocenters. The van der Waals surface area contributed by atoms with Gasteiger partial charge in [0, 0.05) is 56.3 Å². The number of fused-ring (bicyclic) bond motifs is 1. The average molecular weight is 610 g/mol. The predicted octanol–water partition coefficient (Wildman–Crippen LogP) is 5.03. The fourth-order valence-corrected chi connectivity index (χ4v) is 6.42. The van der Waals surface area contributed by atoms with E-state index in [0.717, 1.165) is 53.4 Å². The summed E-state index contributed by atoms with van der Waals surface area (Å²) in [6, 6.07) is 21.4. The largest absolute Gasteiger partial charge is 0.463 e. The van der Waals surface area contributed by atoms with Crippen molar-refractivity contribution < 1.29 is 28.6 Å². The third-order valence-electron chi connectivity index (χ3n) is 8.78. The fraction of sp³-hybridized carbons (Fsp3) is 0.361. The smallest absolute Gasteiger partial charge is 0.336 e. The van der Waals surface area contributed by atoms with Crippen LogP contribution in [0.4, 0.5) is 0 Å². The number of benzene rings is 3. The molecule has 45 heavy (non-hydrogen) atoms. The fourth-order valence-electron chi connectivity index (χ4n) is 6.42. The number of aryl methyl sites for hydroxylation is 1. The maximum absolute atomic E-state index is 13.5. The van der Waals surface area contributed by atoms with Gasteiger partial charge in [-0.1, -0.05) is 48.0 Å². The lowest BCUT2D eigenvalue weighted by Gasteiger charge is -2.35. The van der Waals surface area contributed by atoms with Crippen LogP contribution in [0.1, 0.15) is 58.8 Å². The number of amides is 2. The molecule has 0 aliphatic carbocycles. The maximum Gasteiger partial charge on any atom is 0.336 e. The van der Waals surface area contributed by atoms with Gasteiger partial charge in [-0.05, 0) is 61.7 Å². The van der Waals surface area contributed by atoms with Gasteiger partial charge in [0.05, 0.1) is 18.7 Å². The Morgan fingerprint density at radius 1 is 0.867 bits per heavy atom. The van der Waals surface area contributed by atoms with E-state index in [9.17, 15) is 14.4 Å². The van der Waals surface area contributed by atoms with Crippen LogP contribution < -0.4 is 9.47 Å². The molecule has 234 valence electrons. The van der Waals surface area contributed by atoms with Gasteiger partial charge in [-0.15, -0.1) is 0 Å². The summed E-state index contributed by atoms with van der Waals surface area (Å²) < 4.78 is 16.4. The van der Waals surface area contributed by atoms with E-state index in [1.807, 2.05) is 79.4 Å². The molecule has 1 atom stereocenters. The summed E-state index contributed by atoms with van der Waals surface area (Å²) in [5.41, 5.74) is 5.65. The summed E-state index contributed by atoms with van der Waals surface area (Å²) in [5.74, 6) is 0.690. The van der Waals surface area contributed by atoms with E-state index >= 15 is 0 Å². The van der Waals surface area contributed by atoms with Crippen LogP contribution in [0.15, 0.2) is 78.0 Å². The lowest BCUT2D eigenvalue weighted by Crippen LogP contribution is -2.48. The maximum atomic E-state index is 13.5. The number of hydrogen-bond acceptors (Lipinski definition) is 7. The number of esters is 1. The van der Waals surface area contributed by atoms with Gasteiger partial charge in [0.15, 0.2) is 11.5 Å². The highest BCUT2D eigenvalue weighted by atomic mass is 16.7. The first kappa shape index (κ1) is 30.4. The molecule has 0 spiro atoms. The van der Waals surface area contributed by atoms with E-state index in [1.54, 1.807) is 11.8 Å². The van der Waals surface area contributed by atoms with Crippen molar-refractivity contribution in [3.05, 3.63) is 106 Å². The predicted molar refractivity (Wildman–Crippen MR) is 169 cm³/mol. The number of hydrogen-bond donors (Lipinski definition) is 0. The molecule has 1 fully saturated rings. The number of nitrogens with zero attached hydrogens (tertiary/aromatic N) is 3. The van der Waals surface area contributed by atoms with E-state index in [4.69, 9.17) is 14.2 Å². The van der Waals surface area contributed by atoms with Gasteiger partial charge in [0.2, 0.25) is 12.7 Å². The second-order valence-electron chi connectivity index (χ2n) is 11.8. The number of piperazine rings is 1. The molecule has 0 bridgehead atoms. The Labute approximate surface area is 264 Å². The highest BCUT2D eigenvalue weighted by Gasteiger charge is 2.37. The molecule has 0 saturated carbocycles. The minimum Gasteiger partial charge on any atom is -0.463 e. The zero-order valence-corrected chi connectivity index (χ0v) is 26.1. The first-order valence-corrected chi connectivity index (χ1v) is 15.5. The Balaban J connectivity index is 1.13. The Morgan fingerprint density at radius 3 is 2.40 bits per heavy atom. The topological polar surface area (TPSA) is 88.6 Å².